The summed E-state index contributed by atoms with van der Waals surface area (Å²) in [4.78, 5) is 25.0. The molecule has 1 fully saturated rings. The highest BCUT2D eigenvalue weighted by Gasteiger charge is 2.23. The fourth-order valence-corrected chi connectivity index (χ4v) is 3.25. The number of carboxylic acids is 1. The van der Waals surface area contributed by atoms with E-state index in [1.807, 2.05) is 29.2 Å². The highest BCUT2D eigenvalue weighted by atomic mass is 16.5. The minimum atomic E-state index is -0.752. The molecule has 0 spiro atoms. The number of hydrogen-bond donors (Lipinski definition) is 1. The summed E-state index contributed by atoms with van der Waals surface area (Å²) in [6.45, 7) is 1.53. The van der Waals surface area contributed by atoms with Crippen LogP contribution in [0.25, 0.3) is 0 Å². The summed E-state index contributed by atoms with van der Waals surface area (Å²) in [6, 6.07) is 7.95. The molecule has 0 radical (unpaired) electrons. The Kier molecular flexibility index (Phi) is 7.09. The van der Waals surface area contributed by atoms with E-state index in [4.69, 9.17) is 9.84 Å². The van der Waals surface area contributed by atoms with Gasteiger partial charge < -0.3 is 14.7 Å². The number of likely N-dealkylation sites (tertiary alicyclic amines) is 1. The number of amides is 1. The van der Waals surface area contributed by atoms with E-state index in [-0.39, 0.29) is 12.3 Å². The SMILES string of the molecule is COc1ccc(CCCC(=O)N2CCC[C@@H](CCC(=O)O)C2)cc1. The van der Waals surface area contributed by atoms with E-state index in [0.717, 1.165) is 38.0 Å². The van der Waals surface area contributed by atoms with Crippen LogP contribution in [0.4, 0.5) is 0 Å². The molecule has 1 aromatic rings. The Hall–Kier alpha value is -2.04. The predicted octanol–water partition coefficient (Wildman–Crippen LogP) is 3.12. The third-order valence-corrected chi connectivity index (χ3v) is 4.65. The summed E-state index contributed by atoms with van der Waals surface area (Å²) in [6.07, 6.45) is 5.15. The van der Waals surface area contributed by atoms with Crippen LogP contribution in [-0.2, 0) is 16.0 Å². The number of benzene rings is 1. The molecule has 5 nitrogen and oxygen atoms in total. The third-order valence-electron chi connectivity index (χ3n) is 4.65. The van der Waals surface area contributed by atoms with Gasteiger partial charge in [-0.2, -0.15) is 0 Å². The zero-order chi connectivity index (χ0) is 17.4. The molecule has 0 aromatic heterocycles. The maximum atomic E-state index is 12.4. The summed E-state index contributed by atoms with van der Waals surface area (Å²) in [7, 11) is 1.65. The van der Waals surface area contributed by atoms with E-state index < -0.39 is 5.97 Å². The van der Waals surface area contributed by atoms with Crippen LogP contribution >= 0.6 is 0 Å². The van der Waals surface area contributed by atoms with Gasteiger partial charge in [-0.3, -0.25) is 9.59 Å². The molecule has 1 aliphatic heterocycles. The second-order valence-electron chi connectivity index (χ2n) is 6.48. The largest absolute Gasteiger partial charge is 0.497 e. The van der Waals surface area contributed by atoms with Crippen LogP contribution in [0.3, 0.4) is 0 Å². The van der Waals surface area contributed by atoms with E-state index in [1.54, 1.807) is 7.11 Å². The van der Waals surface area contributed by atoms with Gasteiger partial charge in [-0.15, -0.1) is 0 Å². The van der Waals surface area contributed by atoms with Crippen molar-refractivity contribution in [3.63, 3.8) is 0 Å². The maximum Gasteiger partial charge on any atom is 0.303 e. The molecule has 1 aliphatic rings. The van der Waals surface area contributed by atoms with Crippen LogP contribution in [-0.4, -0.2) is 42.1 Å². The highest BCUT2D eigenvalue weighted by Crippen LogP contribution is 2.22. The Labute approximate surface area is 143 Å². The van der Waals surface area contributed by atoms with E-state index >= 15 is 0 Å². The van der Waals surface area contributed by atoms with Gasteiger partial charge in [-0.25, -0.2) is 0 Å². The molecular weight excluding hydrogens is 306 g/mol. The van der Waals surface area contributed by atoms with Gasteiger partial charge in [0.05, 0.1) is 7.11 Å². The van der Waals surface area contributed by atoms with Gasteiger partial charge in [0.25, 0.3) is 0 Å². The van der Waals surface area contributed by atoms with Crippen molar-refractivity contribution in [2.45, 2.75) is 44.9 Å². The molecule has 1 heterocycles. The number of piperidine rings is 1. The zero-order valence-corrected chi connectivity index (χ0v) is 14.4. The average molecular weight is 333 g/mol. The lowest BCUT2D eigenvalue weighted by Crippen LogP contribution is -2.40. The normalized spacial score (nSPS) is 17.5. The fraction of sp³-hybridized carbons (Fsp3) is 0.579. The molecule has 0 bridgehead atoms. The standard InChI is InChI=1S/C19H27NO4/c1-24-17-10-7-15(8-11-17)4-2-6-18(21)20-13-3-5-16(14-20)9-12-19(22)23/h7-8,10-11,16H,2-6,9,12-14H2,1H3,(H,22,23)/t16-/m0/s1. The lowest BCUT2D eigenvalue weighted by atomic mass is 9.93. The average Bonchev–Trinajstić information content (AvgIpc) is 2.60. The van der Waals surface area contributed by atoms with Crippen LogP contribution in [0.15, 0.2) is 24.3 Å². The Balaban J connectivity index is 1.72. The number of rotatable bonds is 8. The van der Waals surface area contributed by atoms with Crippen LogP contribution in [0, 0.1) is 5.92 Å². The van der Waals surface area contributed by atoms with Crippen molar-refractivity contribution in [1.29, 1.82) is 0 Å². The number of hydrogen-bond acceptors (Lipinski definition) is 3. The Morgan fingerprint density at radius 1 is 1.25 bits per heavy atom. The van der Waals surface area contributed by atoms with Gasteiger partial charge in [0.15, 0.2) is 0 Å². The van der Waals surface area contributed by atoms with Crippen molar-refractivity contribution >= 4 is 11.9 Å². The third kappa shape index (κ3) is 5.87. The fourth-order valence-electron chi connectivity index (χ4n) is 3.25. The molecule has 1 saturated heterocycles. The molecule has 0 saturated carbocycles. The van der Waals surface area contributed by atoms with E-state index in [9.17, 15) is 9.59 Å². The summed E-state index contributed by atoms with van der Waals surface area (Å²) in [5.41, 5.74) is 1.21. The number of aliphatic carboxylic acids is 1. The van der Waals surface area contributed by atoms with Crippen molar-refractivity contribution in [2.24, 2.45) is 5.92 Å². The van der Waals surface area contributed by atoms with Crippen molar-refractivity contribution in [2.75, 3.05) is 20.2 Å². The van der Waals surface area contributed by atoms with Gasteiger partial charge in [0.1, 0.15) is 5.75 Å². The molecule has 0 aliphatic carbocycles. The van der Waals surface area contributed by atoms with Crippen LogP contribution in [0.5, 0.6) is 5.75 Å². The van der Waals surface area contributed by atoms with Gasteiger partial charge in [-0.05, 0) is 55.7 Å². The van der Waals surface area contributed by atoms with Crippen molar-refractivity contribution in [3.05, 3.63) is 29.8 Å². The Morgan fingerprint density at radius 3 is 2.67 bits per heavy atom. The lowest BCUT2D eigenvalue weighted by Gasteiger charge is -2.32. The molecule has 5 heteroatoms. The van der Waals surface area contributed by atoms with E-state index in [1.165, 1.54) is 5.56 Å². The van der Waals surface area contributed by atoms with E-state index in [0.29, 0.717) is 25.3 Å². The van der Waals surface area contributed by atoms with Crippen molar-refractivity contribution in [1.82, 2.24) is 4.90 Å². The molecule has 0 unspecified atom stereocenters. The van der Waals surface area contributed by atoms with Crippen LogP contribution < -0.4 is 4.74 Å². The number of nitrogens with zero attached hydrogens (tertiary/aromatic N) is 1. The first kappa shape index (κ1) is 18.3. The first-order valence-electron chi connectivity index (χ1n) is 8.71. The number of aryl methyl sites for hydroxylation is 1. The first-order chi connectivity index (χ1) is 11.6. The molecule has 1 amide bonds. The lowest BCUT2D eigenvalue weighted by molar-refractivity contribution is -0.137. The number of methoxy groups -OCH3 is 1. The minimum Gasteiger partial charge on any atom is -0.497 e. The number of carboxylic acid groups (broad SMARTS) is 1. The first-order valence-corrected chi connectivity index (χ1v) is 8.71. The van der Waals surface area contributed by atoms with Crippen LogP contribution in [0.1, 0.15) is 44.1 Å². The number of ether oxygens (including phenoxy) is 1. The van der Waals surface area contributed by atoms with Gasteiger partial charge in [-0.1, -0.05) is 12.1 Å². The Morgan fingerprint density at radius 2 is 2.00 bits per heavy atom. The van der Waals surface area contributed by atoms with Gasteiger partial charge in [0.2, 0.25) is 5.91 Å². The number of carbonyl (C=O) groups excluding carboxylic acids is 1. The van der Waals surface area contributed by atoms with Gasteiger partial charge >= 0.3 is 5.97 Å². The Bertz CT molecular complexity index is 541. The molecular formula is C19H27NO4. The molecule has 24 heavy (non-hydrogen) atoms. The van der Waals surface area contributed by atoms with Crippen LogP contribution in [0.2, 0.25) is 0 Å². The van der Waals surface area contributed by atoms with Crippen molar-refractivity contribution < 1.29 is 19.4 Å². The minimum absolute atomic E-state index is 0.198. The van der Waals surface area contributed by atoms with Gasteiger partial charge in [0, 0.05) is 25.9 Å². The highest BCUT2D eigenvalue weighted by molar-refractivity contribution is 5.76. The second-order valence-corrected chi connectivity index (χ2v) is 6.48. The topological polar surface area (TPSA) is 66.8 Å². The van der Waals surface area contributed by atoms with E-state index in [2.05, 4.69) is 0 Å². The second kappa shape index (κ2) is 9.30. The molecule has 1 atom stereocenters. The predicted molar refractivity (Wildman–Crippen MR) is 92.1 cm³/mol. The molecule has 1 aromatic carbocycles. The summed E-state index contributed by atoms with van der Waals surface area (Å²) < 4.78 is 5.14. The maximum absolute atomic E-state index is 12.4. The monoisotopic (exact) mass is 333 g/mol. The molecule has 132 valence electrons. The quantitative estimate of drug-likeness (QED) is 0.794. The summed E-state index contributed by atoms with van der Waals surface area (Å²) in [5.74, 6) is 0.623. The van der Waals surface area contributed by atoms with Crippen molar-refractivity contribution in [3.8, 4) is 5.75 Å². The molecule has 1 N–H and O–H groups in total. The zero-order valence-electron chi connectivity index (χ0n) is 14.4. The smallest absolute Gasteiger partial charge is 0.303 e. The number of carbonyl (C=O) groups is 2. The molecule has 2 rings (SSSR count). The summed E-state index contributed by atoms with van der Waals surface area (Å²) >= 11 is 0. The summed E-state index contributed by atoms with van der Waals surface area (Å²) in [5, 5.41) is 8.79.